The maximum Gasteiger partial charge on any atom is 0.255 e. The molecule has 0 aromatic heterocycles. The molecule has 98 valence electrons. The summed E-state index contributed by atoms with van der Waals surface area (Å²) < 4.78 is 0. The molecule has 3 nitrogen and oxygen atoms in total. The maximum atomic E-state index is 11.9. The van der Waals surface area contributed by atoms with Crippen molar-refractivity contribution in [3.63, 3.8) is 0 Å². The molecule has 2 aromatic carbocycles. The second-order valence-corrected chi connectivity index (χ2v) is 4.71. The van der Waals surface area contributed by atoms with Crippen LogP contribution < -0.4 is 5.32 Å². The number of benzene rings is 2. The summed E-state index contributed by atoms with van der Waals surface area (Å²) in [5.41, 5.74) is 1.07. The zero-order valence-electron chi connectivity index (χ0n) is 9.86. The van der Waals surface area contributed by atoms with Crippen LogP contribution in [0, 0.1) is 0 Å². The molecule has 0 heterocycles. The van der Waals surface area contributed by atoms with Gasteiger partial charge in [-0.05, 0) is 17.7 Å². The van der Waals surface area contributed by atoms with Gasteiger partial charge in [0.2, 0.25) is 0 Å². The van der Waals surface area contributed by atoms with Crippen LogP contribution in [0.4, 0.5) is 0 Å². The van der Waals surface area contributed by atoms with Crippen LogP contribution in [0.2, 0.25) is 10.0 Å². The number of phenols is 1. The topological polar surface area (TPSA) is 49.3 Å². The molecule has 0 unspecified atom stereocenters. The van der Waals surface area contributed by atoms with Gasteiger partial charge in [-0.25, -0.2) is 0 Å². The SMILES string of the molecule is O=C(NCc1ccccc1)c1ccc(Cl)c(Cl)c1O. The number of rotatable bonds is 3. The van der Waals surface area contributed by atoms with E-state index in [1.807, 2.05) is 30.3 Å². The van der Waals surface area contributed by atoms with Crippen LogP contribution in [-0.2, 0) is 6.54 Å². The first-order valence-electron chi connectivity index (χ1n) is 5.58. The maximum absolute atomic E-state index is 11.9. The second-order valence-electron chi connectivity index (χ2n) is 3.93. The van der Waals surface area contributed by atoms with Crippen LogP contribution in [0.5, 0.6) is 5.75 Å². The van der Waals surface area contributed by atoms with Crippen molar-refractivity contribution in [3.8, 4) is 5.75 Å². The van der Waals surface area contributed by atoms with E-state index in [0.717, 1.165) is 5.56 Å². The molecule has 2 rings (SSSR count). The van der Waals surface area contributed by atoms with Gasteiger partial charge in [0.1, 0.15) is 10.8 Å². The molecule has 0 saturated heterocycles. The fraction of sp³-hybridized carbons (Fsp3) is 0.0714. The predicted octanol–water partition coefficient (Wildman–Crippen LogP) is 3.63. The third-order valence-corrected chi connectivity index (χ3v) is 3.40. The number of carbonyl (C=O) groups excluding carboxylic acids is 1. The minimum absolute atomic E-state index is 0.0194. The van der Waals surface area contributed by atoms with Crippen LogP contribution in [-0.4, -0.2) is 11.0 Å². The molecule has 0 bridgehead atoms. The van der Waals surface area contributed by atoms with E-state index < -0.39 is 5.91 Å². The van der Waals surface area contributed by atoms with Crippen LogP contribution >= 0.6 is 23.2 Å². The van der Waals surface area contributed by atoms with Crippen molar-refractivity contribution in [1.82, 2.24) is 5.32 Å². The van der Waals surface area contributed by atoms with Crippen LogP contribution in [0.25, 0.3) is 0 Å². The molecule has 0 aliphatic heterocycles. The normalized spacial score (nSPS) is 10.2. The van der Waals surface area contributed by atoms with Crippen molar-refractivity contribution >= 4 is 29.1 Å². The van der Waals surface area contributed by atoms with Gasteiger partial charge in [-0.3, -0.25) is 4.79 Å². The molecule has 0 saturated carbocycles. The van der Waals surface area contributed by atoms with E-state index in [1.165, 1.54) is 12.1 Å². The molecule has 0 spiro atoms. The number of nitrogens with one attached hydrogen (secondary N) is 1. The first kappa shape index (κ1) is 13.7. The van der Waals surface area contributed by atoms with Crippen LogP contribution in [0.15, 0.2) is 42.5 Å². The number of aromatic hydroxyl groups is 1. The van der Waals surface area contributed by atoms with Crippen molar-refractivity contribution in [2.45, 2.75) is 6.54 Å². The minimum atomic E-state index is -0.403. The molecule has 5 heteroatoms. The lowest BCUT2D eigenvalue weighted by molar-refractivity contribution is 0.0948. The average molecular weight is 296 g/mol. The molecule has 0 aliphatic rings. The number of halogens is 2. The highest BCUT2D eigenvalue weighted by molar-refractivity contribution is 6.43. The van der Waals surface area contributed by atoms with E-state index in [1.54, 1.807) is 0 Å². The van der Waals surface area contributed by atoms with Crippen molar-refractivity contribution in [3.05, 3.63) is 63.6 Å². The average Bonchev–Trinajstić information content (AvgIpc) is 2.43. The number of hydrogen-bond donors (Lipinski definition) is 2. The minimum Gasteiger partial charge on any atom is -0.505 e. The van der Waals surface area contributed by atoms with Gasteiger partial charge in [0.15, 0.2) is 0 Å². The molecule has 0 fully saturated rings. The Balaban J connectivity index is 2.11. The number of carbonyl (C=O) groups is 1. The lowest BCUT2D eigenvalue weighted by Crippen LogP contribution is -2.22. The summed E-state index contributed by atoms with van der Waals surface area (Å²) in [6.45, 7) is 0.374. The summed E-state index contributed by atoms with van der Waals surface area (Å²) in [7, 11) is 0. The smallest absolute Gasteiger partial charge is 0.255 e. The Hall–Kier alpha value is -1.71. The Kier molecular flexibility index (Phi) is 4.30. The summed E-state index contributed by atoms with van der Waals surface area (Å²) >= 11 is 11.5. The fourth-order valence-corrected chi connectivity index (χ4v) is 1.91. The highest BCUT2D eigenvalue weighted by Crippen LogP contribution is 2.33. The summed E-state index contributed by atoms with van der Waals surface area (Å²) in [5.74, 6) is -0.709. The first-order chi connectivity index (χ1) is 9.09. The number of hydrogen-bond acceptors (Lipinski definition) is 2. The van der Waals surface area contributed by atoms with E-state index in [2.05, 4.69) is 5.32 Å². The summed E-state index contributed by atoms with van der Waals surface area (Å²) in [4.78, 5) is 11.9. The largest absolute Gasteiger partial charge is 0.505 e. The molecule has 0 aliphatic carbocycles. The highest BCUT2D eigenvalue weighted by Gasteiger charge is 2.15. The molecule has 0 radical (unpaired) electrons. The highest BCUT2D eigenvalue weighted by atomic mass is 35.5. The molecular weight excluding hydrogens is 285 g/mol. The third kappa shape index (κ3) is 3.19. The fourth-order valence-electron chi connectivity index (χ4n) is 1.60. The van der Waals surface area contributed by atoms with Crippen LogP contribution in [0.1, 0.15) is 15.9 Å². The summed E-state index contributed by atoms with van der Waals surface area (Å²) in [5, 5.41) is 12.7. The summed E-state index contributed by atoms with van der Waals surface area (Å²) in [6, 6.07) is 12.4. The van der Waals surface area contributed by atoms with Gasteiger partial charge in [-0.15, -0.1) is 0 Å². The Bertz CT molecular complexity index is 600. The van der Waals surface area contributed by atoms with E-state index >= 15 is 0 Å². The van der Waals surface area contributed by atoms with E-state index in [-0.39, 0.29) is 21.4 Å². The van der Waals surface area contributed by atoms with Crippen molar-refractivity contribution in [1.29, 1.82) is 0 Å². The molecule has 0 atom stereocenters. The number of amides is 1. The Morgan fingerprint density at radius 1 is 1.11 bits per heavy atom. The van der Waals surface area contributed by atoms with Gasteiger partial charge in [0.05, 0.1) is 10.6 Å². The van der Waals surface area contributed by atoms with Crippen molar-refractivity contribution in [2.24, 2.45) is 0 Å². The molecular formula is C14H11Cl2NO2. The van der Waals surface area contributed by atoms with Gasteiger partial charge in [0.25, 0.3) is 5.91 Å². The monoisotopic (exact) mass is 295 g/mol. The van der Waals surface area contributed by atoms with Gasteiger partial charge in [-0.1, -0.05) is 53.5 Å². The Morgan fingerprint density at radius 2 is 1.79 bits per heavy atom. The van der Waals surface area contributed by atoms with E-state index in [0.29, 0.717) is 6.54 Å². The zero-order chi connectivity index (χ0) is 13.8. The van der Waals surface area contributed by atoms with Gasteiger partial charge in [-0.2, -0.15) is 0 Å². The molecule has 2 aromatic rings. The second kappa shape index (κ2) is 5.95. The van der Waals surface area contributed by atoms with E-state index in [9.17, 15) is 9.90 Å². The van der Waals surface area contributed by atoms with Crippen molar-refractivity contribution in [2.75, 3.05) is 0 Å². The zero-order valence-corrected chi connectivity index (χ0v) is 11.4. The third-order valence-electron chi connectivity index (χ3n) is 2.61. The number of phenolic OH excluding ortho intramolecular Hbond substituents is 1. The quantitative estimate of drug-likeness (QED) is 0.908. The summed E-state index contributed by atoms with van der Waals surface area (Å²) in [6.07, 6.45) is 0. The van der Waals surface area contributed by atoms with Gasteiger partial charge in [0, 0.05) is 6.54 Å². The lowest BCUT2D eigenvalue weighted by Gasteiger charge is -2.08. The lowest BCUT2D eigenvalue weighted by atomic mass is 10.1. The molecule has 1 amide bonds. The molecule has 19 heavy (non-hydrogen) atoms. The van der Waals surface area contributed by atoms with Gasteiger partial charge >= 0.3 is 0 Å². The van der Waals surface area contributed by atoms with Crippen molar-refractivity contribution < 1.29 is 9.90 Å². The standard InChI is InChI=1S/C14H11Cl2NO2/c15-11-7-6-10(13(18)12(11)16)14(19)17-8-9-4-2-1-3-5-9/h1-7,18H,8H2,(H,17,19). The Morgan fingerprint density at radius 3 is 2.47 bits per heavy atom. The Labute approximate surface area is 120 Å². The molecule has 2 N–H and O–H groups in total. The van der Waals surface area contributed by atoms with Gasteiger partial charge < -0.3 is 10.4 Å². The van der Waals surface area contributed by atoms with Crippen LogP contribution in [0.3, 0.4) is 0 Å². The predicted molar refractivity (Wildman–Crippen MR) is 75.7 cm³/mol. The first-order valence-corrected chi connectivity index (χ1v) is 6.34. The van der Waals surface area contributed by atoms with E-state index in [4.69, 9.17) is 23.2 Å².